The predicted octanol–water partition coefficient (Wildman–Crippen LogP) is 3.53. The number of aromatic nitrogens is 5. The summed E-state index contributed by atoms with van der Waals surface area (Å²) in [6.45, 7) is 6.28. The Morgan fingerprint density at radius 3 is 2.61 bits per heavy atom. The van der Waals surface area contributed by atoms with E-state index >= 15 is 4.39 Å². The van der Waals surface area contributed by atoms with Gasteiger partial charge in [-0.1, -0.05) is 12.1 Å². The third-order valence-electron chi connectivity index (χ3n) is 5.25. The molecule has 0 fully saturated rings. The molecule has 0 amide bonds. The van der Waals surface area contributed by atoms with Crippen LogP contribution < -0.4 is 0 Å². The lowest BCUT2D eigenvalue weighted by atomic mass is 9.94. The molecule has 4 aromatic rings. The van der Waals surface area contributed by atoms with Gasteiger partial charge in [-0.2, -0.15) is 9.61 Å². The van der Waals surface area contributed by atoms with Gasteiger partial charge in [-0.25, -0.2) is 8.78 Å². The summed E-state index contributed by atoms with van der Waals surface area (Å²) in [6, 6.07) is 5.84. The second-order valence-electron chi connectivity index (χ2n) is 7.89. The Morgan fingerprint density at radius 2 is 1.94 bits per heavy atom. The van der Waals surface area contributed by atoms with Crippen LogP contribution in [0.2, 0.25) is 0 Å². The SMILES string of the molecule is C/C(=N\O)c1ccc2nnc(C(C)c3c(F)cc4ncc(C(C)(C)O)cc4c3F)n2n1. The van der Waals surface area contributed by atoms with Gasteiger partial charge in [0, 0.05) is 34.7 Å². The molecule has 31 heavy (non-hydrogen) atoms. The maximum absolute atomic E-state index is 15.5. The molecule has 0 radical (unpaired) electrons. The molecule has 8 nitrogen and oxygen atoms in total. The van der Waals surface area contributed by atoms with Gasteiger partial charge < -0.3 is 10.3 Å². The number of pyridine rings is 1. The molecule has 0 bridgehead atoms. The first-order valence-electron chi connectivity index (χ1n) is 9.53. The summed E-state index contributed by atoms with van der Waals surface area (Å²) in [5.74, 6) is -2.20. The summed E-state index contributed by atoms with van der Waals surface area (Å²) in [5, 5.41) is 34.9. The molecule has 1 atom stereocenters. The standard InChI is InChI=1S/C21H20F2N6O2/c1-10(20-26-25-17-6-5-15(11(2)28-31)27-29(17)20)18-14(22)8-16-13(19(18)23)7-12(9-24-16)21(3,4)30/h5-10,30-31H,1-4H3/b28-11+. The second kappa shape index (κ2) is 7.31. The molecule has 2 N–H and O–H groups in total. The van der Waals surface area contributed by atoms with Gasteiger partial charge in [0.1, 0.15) is 23.0 Å². The third-order valence-corrected chi connectivity index (χ3v) is 5.25. The largest absolute Gasteiger partial charge is 0.411 e. The molecule has 0 spiro atoms. The van der Waals surface area contributed by atoms with Crippen molar-refractivity contribution in [1.82, 2.24) is 24.8 Å². The number of fused-ring (bicyclic) bond motifs is 2. The Balaban J connectivity index is 1.90. The van der Waals surface area contributed by atoms with Crippen molar-refractivity contribution < 1.29 is 19.1 Å². The molecule has 0 aliphatic rings. The number of benzene rings is 1. The maximum atomic E-state index is 15.5. The van der Waals surface area contributed by atoms with Crippen molar-refractivity contribution in [1.29, 1.82) is 0 Å². The van der Waals surface area contributed by atoms with Crippen LogP contribution in [0.1, 0.15) is 56.3 Å². The van der Waals surface area contributed by atoms with E-state index in [9.17, 15) is 9.50 Å². The predicted molar refractivity (Wildman–Crippen MR) is 109 cm³/mol. The summed E-state index contributed by atoms with van der Waals surface area (Å²) in [5.41, 5.74) is 0.107. The zero-order chi connectivity index (χ0) is 22.5. The molecule has 3 heterocycles. The van der Waals surface area contributed by atoms with Crippen molar-refractivity contribution in [2.24, 2.45) is 5.16 Å². The van der Waals surface area contributed by atoms with Crippen LogP contribution in [-0.2, 0) is 5.60 Å². The van der Waals surface area contributed by atoms with Gasteiger partial charge in [-0.3, -0.25) is 4.98 Å². The topological polar surface area (TPSA) is 109 Å². The first-order chi connectivity index (χ1) is 14.6. The Hall–Kier alpha value is -3.53. The van der Waals surface area contributed by atoms with Gasteiger partial charge >= 0.3 is 0 Å². The fourth-order valence-corrected chi connectivity index (χ4v) is 3.39. The lowest BCUT2D eigenvalue weighted by molar-refractivity contribution is 0.0784. The molecular weight excluding hydrogens is 406 g/mol. The van der Waals surface area contributed by atoms with E-state index in [1.165, 1.54) is 16.8 Å². The minimum absolute atomic E-state index is 0.0913. The Morgan fingerprint density at radius 1 is 1.19 bits per heavy atom. The molecule has 1 aromatic carbocycles. The van der Waals surface area contributed by atoms with Crippen LogP contribution in [0, 0.1) is 11.6 Å². The highest BCUT2D eigenvalue weighted by atomic mass is 19.1. The highest BCUT2D eigenvalue weighted by Gasteiger charge is 2.27. The van der Waals surface area contributed by atoms with Crippen molar-refractivity contribution in [3.05, 3.63) is 64.7 Å². The van der Waals surface area contributed by atoms with E-state index in [1.54, 1.807) is 39.8 Å². The molecule has 1 unspecified atom stereocenters. The van der Waals surface area contributed by atoms with Crippen molar-refractivity contribution >= 4 is 22.3 Å². The van der Waals surface area contributed by atoms with E-state index in [2.05, 4.69) is 25.4 Å². The first kappa shape index (κ1) is 20.7. The van der Waals surface area contributed by atoms with E-state index in [1.807, 2.05) is 0 Å². The molecule has 0 aliphatic carbocycles. The highest BCUT2D eigenvalue weighted by Crippen LogP contribution is 2.33. The number of nitrogens with zero attached hydrogens (tertiary/aromatic N) is 6. The molecular formula is C21H20F2N6O2. The smallest absolute Gasteiger partial charge is 0.177 e. The number of halogens is 2. The Kier molecular flexibility index (Phi) is 4.89. The number of oxime groups is 1. The van der Waals surface area contributed by atoms with E-state index in [-0.39, 0.29) is 28.0 Å². The van der Waals surface area contributed by atoms with Crippen LogP contribution >= 0.6 is 0 Å². The van der Waals surface area contributed by atoms with Gasteiger partial charge in [0.05, 0.1) is 11.1 Å². The lowest BCUT2D eigenvalue weighted by Gasteiger charge is -2.19. The summed E-state index contributed by atoms with van der Waals surface area (Å²) < 4.78 is 31.8. The molecule has 0 aliphatic heterocycles. The zero-order valence-electron chi connectivity index (χ0n) is 17.3. The summed E-state index contributed by atoms with van der Waals surface area (Å²) >= 11 is 0. The average molecular weight is 426 g/mol. The van der Waals surface area contributed by atoms with Crippen molar-refractivity contribution in [3.8, 4) is 0 Å². The van der Waals surface area contributed by atoms with E-state index < -0.39 is 23.2 Å². The zero-order valence-corrected chi connectivity index (χ0v) is 17.3. The minimum atomic E-state index is -1.23. The van der Waals surface area contributed by atoms with Gasteiger partial charge in [0.15, 0.2) is 11.5 Å². The Bertz CT molecular complexity index is 1340. The molecule has 4 rings (SSSR count). The Labute approximate surface area is 175 Å². The number of hydrogen-bond donors (Lipinski definition) is 2. The fourth-order valence-electron chi connectivity index (χ4n) is 3.39. The van der Waals surface area contributed by atoms with Gasteiger partial charge in [-0.05, 0) is 39.0 Å². The number of rotatable bonds is 4. The fraction of sp³-hybridized carbons (Fsp3) is 0.286. The van der Waals surface area contributed by atoms with Crippen LogP contribution in [0.25, 0.3) is 16.6 Å². The van der Waals surface area contributed by atoms with Gasteiger partial charge in [0.2, 0.25) is 0 Å². The van der Waals surface area contributed by atoms with E-state index in [4.69, 9.17) is 5.21 Å². The van der Waals surface area contributed by atoms with Crippen LogP contribution in [0.3, 0.4) is 0 Å². The quantitative estimate of drug-likeness (QED) is 0.294. The van der Waals surface area contributed by atoms with E-state index in [0.29, 0.717) is 16.9 Å². The summed E-state index contributed by atoms with van der Waals surface area (Å²) in [4.78, 5) is 4.10. The van der Waals surface area contributed by atoms with Crippen LogP contribution in [0.5, 0.6) is 0 Å². The van der Waals surface area contributed by atoms with Crippen molar-refractivity contribution in [2.45, 2.75) is 39.2 Å². The monoisotopic (exact) mass is 426 g/mol. The second-order valence-corrected chi connectivity index (χ2v) is 7.89. The third kappa shape index (κ3) is 3.48. The minimum Gasteiger partial charge on any atom is -0.411 e. The number of aliphatic hydroxyl groups is 1. The van der Waals surface area contributed by atoms with Crippen LogP contribution in [0.15, 0.2) is 35.6 Å². The summed E-state index contributed by atoms with van der Waals surface area (Å²) in [6.07, 6.45) is 1.40. The lowest BCUT2D eigenvalue weighted by Crippen LogP contribution is -2.16. The molecule has 0 saturated carbocycles. The number of hydrogen-bond acceptors (Lipinski definition) is 7. The van der Waals surface area contributed by atoms with Crippen LogP contribution in [-0.4, -0.2) is 40.8 Å². The molecule has 3 aromatic heterocycles. The molecule has 0 saturated heterocycles. The molecule has 10 heteroatoms. The maximum Gasteiger partial charge on any atom is 0.177 e. The highest BCUT2D eigenvalue weighted by molar-refractivity contribution is 5.96. The van der Waals surface area contributed by atoms with Gasteiger partial charge in [0.25, 0.3) is 0 Å². The van der Waals surface area contributed by atoms with E-state index in [0.717, 1.165) is 6.07 Å². The van der Waals surface area contributed by atoms with Gasteiger partial charge in [-0.15, -0.1) is 10.2 Å². The first-order valence-corrected chi connectivity index (χ1v) is 9.53. The summed E-state index contributed by atoms with van der Waals surface area (Å²) in [7, 11) is 0. The van der Waals surface area contributed by atoms with Crippen molar-refractivity contribution in [3.63, 3.8) is 0 Å². The average Bonchev–Trinajstić information content (AvgIpc) is 3.15. The normalized spacial score (nSPS) is 13.8. The van der Waals surface area contributed by atoms with Crippen LogP contribution in [0.4, 0.5) is 8.78 Å². The van der Waals surface area contributed by atoms with Crippen molar-refractivity contribution in [2.75, 3.05) is 0 Å². The molecule has 160 valence electrons.